The van der Waals surface area contributed by atoms with Crippen LogP contribution in [0.4, 0.5) is 5.69 Å². The van der Waals surface area contributed by atoms with Gasteiger partial charge in [-0.25, -0.2) is 0 Å². The van der Waals surface area contributed by atoms with Crippen molar-refractivity contribution >= 4 is 11.6 Å². The lowest BCUT2D eigenvalue weighted by molar-refractivity contribution is -0.120. The molecular weight excluding hydrogens is 258 g/mol. The Labute approximate surface area is 125 Å². The Hall–Kier alpha value is -2.53. The van der Waals surface area contributed by atoms with Crippen LogP contribution in [0.3, 0.4) is 0 Å². The highest BCUT2D eigenvalue weighted by Gasteiger charge is 2.24. The molecule has 1 aliphatic rings. The van der Waals surface area contributed by atoms with Gasteiger partial charge in [0, 0.05) is 17.2 Å². The van der Waals surface area contributed by atoms with E-state index < -0.39 is 0 Å². The topological polar surface area (TPSA) is 29.1 Å². The molecule has 2 aromatic rings. The van der Waals surface area contributed by atoms with Crippen molar-refractivity contribution in [3.8, 4) is 12.3 Å². The highest BCUT2D eigenvalue weighted by atomic mass is 16.1. The van der Waals surface area contributed by atoms with Crippen molar-refractivity contribution in [3.63, 3.8) is 0 Å². The molecule has 0 saturated carbocycles. The predicted octanol–water partition coefficient (Wildman–Crippen LogP) is 3.41. The second-order valence-electron chi connectivity index (χ2n) is 5.42. The number of hydrogen-bond donors (Lipinski definition) is 1. The van der Waals surface area contributed by atoms with E-state index >= 15 is 0 Å². The molecule has 0 aromatic heterocycles. The molecule has 0 heterocycles. The molecule has 1 atom stereocenters. The molecule has 0 bridgehead atoms. The van der Waals surface area contributed by atoms with Crippen LogP contribution in [0.15, 0.2) is 48.5 Å². The lowest BCUT2D eigenvalue weighted by atomic mass is 9.83. The maximum absolute atomic E-state index is 12.4. The number of fused-ring (bicyclic) bond motifs is 1. The fourth-order valence-electron chi connectivity index (χ4n) is 2.85. The van der Waals surface area contributed by atoms with Crippen molar-refractivity contribution in [2.45, 2.75) is 19.3 Å². The van der Waals surface area contributed by atoms with Crippen LogP contribution in [-0.2, 0) is 17.6 Å². The zero-order chi connectivity index (χ0) is 14.7. The van der Waals surface area contributed by atoms with Gasteiger partial charge in [-0.15, -0.1) is 6.42 Å². The highest BCUT2D eigenvalue weighted by Crippen LogP contribution is 2.26. The zero-order valence-electron chi connectivity index (χ0n) is 11.8. The minimum atomic E-state index is 0.0365. The summed E-state index contributed by atoms with van der Waals surface area (Å²) in [6, 6.07) is 15.8. The summed E-state index contributed by atoms with van der Waals surface area (Å²) in [5, 5.41) is 2.98. The van der Waals surface area contributed by atoms with Crippen LogP contribution in [-0.4, -0.2) is 5.91 Å². The molecule has 0 radical (unpaired) electrons. The third-order valence-corrected chi connectivity index (χ3v) is 4.01. The van der Waals surface area contributed by atoms with Crippen molar-refractivity contribution in [2.75, 3.05) is 5.32 Å². The average molecular weight is 275 g/mol. The molecule has 0 fully saturated rings. The van der Waals surface area contributed by atoms with E-state index in [0.29, 0.717) is 0 Å². The second-order valence-corrected chi connectivity index (χ2v) is 5.42. The van der Waals surface area contributed by atoms with Gasteiger partial charge in [-0.2, -0.15) is 0 Å². The standard InChI is InChI=1S/C19H17NO/c1-2-14-6-5-9-18(12-14)20-19(21)17-11-10-15-7-3-4-8-16(15)13-17/h1,3-9,12,17H,10-11,13H2,(H,20,21). The van der Waals surface area contributed by atoms with Gasteiger partial charge >= 0.3 is 0 Å². The third-order valence-electron chi connectivity index (χ3n) is 4.01. The summed E-state index contributed by atoms with van der Waals surface area (Å²) in [6.45, 7) is 0. The Morgan fingerprint density at radius 2 is 1.95 bits per heavy atom. The number of rotatable bonds is 2. The average Bonchev–Trinajstić information content (AvgIpc) is 2.54. The molecule has 21 heavy (non-hydrogen) atoms. The van der Waals surface area contributed by atoms with Gasteiger partial charge in [0.15, 0.2) is 0 Å². The maximum atomic E-state index is 12.4. The molecule has 0 aliphatic heterocycles. The Bertz CT molecular complexity index is 712. The number of benzene rings is 2. The van der Waals surface area contributed by atoms with Crippen LogP contribution in [0.2, 0.25) is 0 Å². The summed E-state index contributed by atoms with van der Waals surface area (Å²) in [5.74, 6) is 2.70. The number of carbonyl (C=O) groups excluding carboxylic acids is 1. The molecule has 0 saturated heterocycles. The fourth-order valence-corrected chi connectivity index (χ4v) is 2.85. The molecule has 1 unspecified atom stereocenters. The van der Waals surface area contributed by atoms with E-state index in [4.69, 9.17) is 6.42 Å². The number of hydrogen-bond acceptors (Lipinski definition) is 1. The van der Waals surface area contributed by atoms with Gasteiger partial charge in [0.2, 0.25) is 5.91 Å². The van der Waals surface area contributed by atoms with E-state index in [0.717, 1.165) is 30.5 Å². The van der Waals surface area contributed by atoms with E-state index in [1.807, 2.05) is 30.3 Å². The highest BCUT2D eigenvalue weighted by molar-refractivity contribution is 5.93. The Kier molecular flexibility index (Phi) is 3.75. The van der Waals surface area contributed by atoms with Crippen molar-refractivity contribution in [1.82, 2.24) is 0 Å². The Morgan fingerprint density at radius 3 is 2.76 bits per heavy atom. The van der Waals surface area contributed by atoms with E-state index in [-0.39, 0.29) is 11.8 Å². The van der Waals surface area contributed by atoms with Gasteiger partial charge in [-0.3, -0.25) is 4.79 Å². The molecule has 2 nitrogen and oxygen atoms in total. The summed E-state index contributed by atoms with van der Waals surface area (Å²) in [4.78, 5) is 12.4. The van der Waals surface area contributed by atoms with Gasteiger partial charge < -0.3 is 5.32 Å². The Balaban J connectivity index is 1.71. The maximum Gasteiger partial charge on any atom is 0.227 e. The molecule has 2 aromatic carbocycles. The van der Waals surface area contributed by atoms with Crippen molar-refractivity contribution in [2.24, 2.45) is 5.92 Å². The molecule has 3 rings (SSSR count). The first-order valence-electron chi connectivity index (χ1n) is 7.20. The summed E-state index contributed by atoms with van der Waals surface area (Å²) < 4.78 is 0. The van der Waals surface area contributed by atoms with E-state index in [1.165, 1.54) is 11.1 Å². The SMILES string of the molecule is C#Cc1cccc(NC(=O)C2CCc3ccccc3C2)c1. The van der Waals surface area contributed by atoms with Gasteiger partial charge in [-0.05, 0) is 48.6 Å². The minimum Gasteiger partial charge on any atom is -0.326 e. The second kappa shape index (κ2) is 5.85. The molecule has 1 N–H and O–H groups in total. The molecule has 104 valence electrons. The van der Waals surface area contributed by atoms with Crippen molar-refractivity contribution in [3.05, 3.63) is 65.2 Å². The van der Waals surface area contributed by atoms with Gasteiger partial charge in [0.1, 0.15) is 0 Å². The van der Waals surface area contributed by atoms with Crippen LogP contribution in [0.1, 0.15) is 23.1 Å². The molecule has 1 amide bonds. The molecule has 1 aliphatic carbocycles. The van der Waals surface area contributed by atoms with E-state index in [1.54, 1.807) is 0 Å². The minimum absolute atomic E-state index is 0.0365. The van der Waals surface area contributed by atoms with Gasteiger partial charge in [-0.1, -0.05) is 36.3 Å². The largest absolute Gasteiger partial charge is 0.326 e. The smallest absolute Gasteiger partial charge is 0.227 e. The number of amides is 1. The predicted molar refractivity (Wildman–Crippen MR) is 85.0 cm³/mol. The summed E-state index contributed by atoms with van der Waals surface area (Å²) >= 11 is 0. The van der Waals surface area contributed by atoms with Gasteiger partial charge in [0.05, 0.1) is 0 Å². The van der Waals surface area contributed by atoms with Crippen LogP contribution in [0.5, 0.6) is 0 Å². The van der Waals surface area contributed by atoms with Crippen molar-refractivity contribution < 1.29 is 4.79 Å². The summed E-state index contributed by atoms with van der Waals surface area (Å²) in [5.41, 5.74) is 4.22. The number of nitrogens with one attached hydrogen (secondary N) is 1. The van der Waals surface area contributed by atoms with E-state index in [2.05, 4.69) is 29.4 Å². The van der Waals surface area contributed by atoms with Gasteiger partial charge in [0.25, 0.3) is 0 Å². The zero-order valence-corrected chi connectivity index (χ0v) is 11.8. The normalized spacial score (nSPS) is 16.6. The summed E-state index contributed by atoms with van der Waals surface area (Å²) in [6.07, 6.45) is 8.07. The molecular formula is C19H17NO. The van der Waals surface area contributed by atoms with Crippen LogP contribution >= 0.6 is 0 Å². The number of carbonyl (C=O) groups is 1. The molecule has 0 spiro atoms. The summed E-state index contributed by atoms with van der Waals surface area (Å²) in [7, 11) is 0. The Morgan fingerprint density at radius 1 is 1.14 bits per heavy atom. The van der Waals surface area contributed by atoms with Crippen LogP contribution in [0, 0.1) is 18.3 Å². The quantitative estimate of drug-likeness (QED) is 0.836. The first-order chi connectivity index (χ1) is 10.3. The lowest BCUT2D eigenvalue weighted by Gasteiger charge is -2.23. The lowest BCUT2D eigenvalue weighted by Crippen LogP contribution is -2.28. The van der Waals surface area contributed by atoms with Crippen molar-refractivity contribution in [1.29, 1.82) is 0 Å². The fraction of sp³-hybridized carbons (Fsp3) is 0.211. The van der Waals surface area contributed by atoms with E-state index in [9.17, 15) is 4.79 Å². The number of aryl methyl sites for hydroxylation is 1. The number of terminal acetylenes is 1. The first-order valence-corrected chi connectivity index (χ1v) is 7.20. The van der Waals surface area contributed by atoms with Crippen LogP contribution < -0.4 is 5.32 Å². The molecule has 2 heteroatoms. The first kappa shape index (κ1) is 13.5. The third kappa shape index (κ3) is 2.98. The number of anilines is 1. The monoisotopic (exact) mass is 275 g/mol. The van der Waals surface area contributed by atoms with Crippen LogP contribution in [0.25, 0.3) is 0 Å².